The molecule has 0 amide bonds. The van der Waals surface area contributed by atoms with Crippen LogP contribution in [0.1, 0.15) is 96.4 Å². The van der Waals surface area contributed by atoms with E-state index >= 15 is 0 Å². The molecule has 0 saturated carbocycles. The quantitative estimate of drug-likeness (QED) is 0.148. The van der Waals surface area contributed by atoms with Gasteiger partial charge in [0, 0.05) is 23.2 Å². The number of ether oxygens (including phenoxy) is 2. The first kappa shape index (κ1) is 34.5. The maximum Gasteiger partial charge on any atom is 0.216 e. The first-order chi connectivity index (χ1) is 24.6. The first-order valence-corrected chi connectivity index (χ1v) is 18.7. The molecule has 2 aliphatic rings. The summed E-state index contributed by atoms with van der Waals surface area (Å²) in [6.07, 6.45) is 6.59. The molecule has 2 aliphatic heterocycles. The van der Waals surface area contributed by atoms with Gasteiger partial charge < -0.3 is 9.47 Å². The summed E-state index contributed by atoms with van der Waals surface area (Å²) in [6.45, 7) is 16.5. The van der Waals surface area contributed by atoms with Gasteiger partial charge in [-0.25, -0.2) is 9.98 Å². The van der Waals surface area contributed by atoms with Crippen LogP contribution in [0.25, 0.3) is 11.1 Å². The van der Waals surface area contributed by atoms with Gasteiger partial charge in [0.2, 0.25) is 5.90 Å². The number of para-hydroxylation sites is 1. The van der Waals surface area contributed by atoms with Crippen LogP contribution in [-0.2, 0) is 15.6 Å². The van der Waals surface area contributed by atoms with Crippen LogP contribution in [0, 0.1) is 5.92 Å². The standard InChI is InChI=1S/C46H51N3O2/c1-8-15-32(16-9-2)40-30-50-44(48-40)34-25-33(31-17-11-10-12-18-31)26-37(27-34)51-36-21-22-39-42(29-36)49(41-20-14-13-19-38(41)46(39,6)7)43-28-35(23-24-47-43)45(3,4)5/h10-14,17-29,32,40H,8-9,15-16,30H2,1-7H3/t40-/m0/s1. The van der Waals surface area contributed by atoms with Gasteiger partial charge in [0.1, 0.15) is 23.9 Å². The second-order valence-electron chi connectivity index (χ2n) is 15.7. The summed E-state index contributed by atoms with van der Waals surface area (Å²) in [6, 6.07) is 36.6. The number of anilines is 3. The maximum absolute atomic E-state index is 6.82. The van der Waals surface area contributed by atoms with Crippen molar-refractivity contribution in [2.24, 2.45) is 10.9 Å². The molecule has 0 unspecified atom stereocenters. The van der Waals surface area contributed by atoms with Crippen molar-refractivity contribution in [2.45, 2.75) is 91.0 Å². The largest absolute Gasteiger partial charge is 0.475 e. The second-order valence-corrected chi connectivity index (χ2v) is 15.7. The number of rotatable bonds is 10. The van der Waals surface area contributed by atoms with Crippen molar-refractivity contribution < 1.29 is 9.47 Å². The predicted octanol–water partition coefficient (Wildman–Crippen LogP) is 12.3. The van der Waals surface area contributed by atoms with E-state index in [9.17, 15) is 0 Å². The number of benzene rings is 4. The SMILES string of the molecule is CCCC(CCC)[C@@H]1COC(c2cc(Oc3ccc4c(c3)N(c3cc(C(C)(C)C)ccn3)c3ccccc3C4(C)C)cc(-c3ccccc3)c2)=N1. The molecule has 0 radical (unpaired) electrons. The van der Waals surface area contributed by atoms with E-state index in [0.717, 1.165) is 58.2 Å². The molecule has 5 heteroatoms. The molecule has 5 aromatic rings. The fourth-order valence-corrected chi connectivity index (χ4v) is 7.79. The lowest BCUT2D eigenvalue weighted by atomic mass is 9.73. The lowest BCUT2D eigenvalue weighted by Crippen LogP contribution is -2.31. The topological polar surface area (TPSA) is 47.0 Å². The average Bonchev–Trinajstić information content (AvgIpc) is 3.62. The molecule has 51 heavy (non-hydrogen) atoms. The van der Waals surface area contributed by atoms with Crippen molar-refractivity contribution in [1.82, 2.24) is 4.98 Å². The summed E-state index contributed by atoms with van der Waals surface area (Å²) in [4.78, 5) is 12.4. The molecule has 0 N–H and O–H groups in total. The molecule has 0 saturated heterocycles. The molecule has 0 fully saturated rings. The Hall–Kier alpha value is -4.90. The third-order valence-electron chi connectivity index (χ3n) is 10.6. The molecule has 5 nitrogen and oxygen atoms in total. The zero-order valence-electron chi connectivity index (χ0n) is 31.2. The van der Waals surface area contributed by atoms with Crippen LogP contribution < -0.4 is 9.64 Å². The maximum atomic E-state index is 6.82. The molecule has 0 spiro atoms. The molecule has 0 bridgehead atoms. The Bertz CT molecular complexity index is 2040. The molecule has 1 atom stereocenters. The second kappa shape index (κ2) is 14.0. The third kappa shape index (κ3) is 6.91. The van der Waals surface area contributed by atoms with E-state index in [1.54, 1.807) is 0 Å². The van der Waals surface area contributed by atoms with E-state index in [1.807, 2.05) is 12.3 Å². The van der Waals surface area contributed by atoms with Crippen molar-refractivity contribution in [2.75, 3.05) is 11.5 Å². The van der Waals surface area contributed by atoms with Crippen LogP contribution in [0.3, 0.4) is 0 Å². The van der Waals surface area contributed by atoms with Gasteiger partial charge in [-0.15, -0.1) is 0 Å². The summed E-state index contributed by atoms with van der Waals surface area (Å²) in [7, 11) is 0. The zero-order valence-corrected chi connectivity index (χ0v) is 31.2. The monoisotopic (exact) mass is 677 g/mol. The molecule has 0 aliphatic carbocycles. The van der Waals surface area contributed by atoms with Gasteiger partial charge in [-0.3, -0.25) is 4.90 Å². The lowest BCUT2D eigenvalue weighted by molar-refractivity contribution is 0.261. The van der Waals surface area contributed by atoms with Gasteiger partial charge in [-0.05, 0) is 94.5 Å². The van der Waals surface area contributed by atoms with Crippen molar-refractivity contribution in [3.8, 4) is 22.6 Å². The van der Waals surface area contributed by atoms with Crippen LogP contribution in [0.5, 0.6) is 11.5 Å². The van der Waals surface area contributed by atoms with Crippen molar-refractivity contribution in [1.29, 1.82) is 0 Å². The van der Waals surface area contributed by atoms with Crippen LogP contribution in [0.15, 0.2) is 114 Å². The molecular weight excluding hydrogens is 627 g/mol. The average molecular weight is 678 g/mol. The number of pyridine rings is 1. The first-order valence-electron chi connectivity index (χ1n) is 18.7. The van der Waals surface area contributed by atoms with Crippen molar-refractivity contribution in [3.05, 3.63) is 132 Å². The normalized spacial score (nSPS) is 16.4. The lowest BCUT2D eigenvalue weighted by Gasteiger charge is -2.41. The Labute approximate surface area is 304 Å². The smallest absolute Gasteiger partial charge is 0.216 e. The molecule has 4 aromatic carbocycles. The van der Waals surface area contributed by atoms with Crippen LogP contribution in [-0.4, -0.2) is 23.5 Å². The van der Waals surface area contributed by atoms with Crippen molar-refractivity contribution >= 4 is 23.1 Å². The van der Waals surface area contributed by atoms with Gasteiger partial charge in [0.15, 0.2) is 0 Å². The number of nitrogens with zero attached hydrogens (tertiary/aromatic N) is 3. The number of aliphatic imine (C=N–C) groups is 1. The highest BCUT2D eigenvalue weighted by atomic mass is 16.5. The van der Waals surface area contributed by atoms with E-state index < -0.39 is 0 Å². The summed E-state index contributed by atoms with van der Waals surface area (Å²) in [5.41, 5.74) is 8.83. The van der Waals surface area contributed by atoms with E-state index in [0.29, 0.717) is 18.4 Å². The highest BCUT2D eigenvalue weighted by Crippen LogP contribution is 2.52. The number of fused-ring (bicyclic) bond motifs is 2. The number of hydrogen-bond acceptors (Lipinski definition) is 5. The fraction of sp³-hybridized carbons (Fsp3) is 0.348. The highest BCUT2D eigenvalue weighted by Gasteiger charge is 2.38. The molecule has 7 rings (SSSR count). The Morgan fingerprint density at radius 2 is 1.47 bits per heavy atom. The summed E-state index contributed by atoms with van der Waals surface area (Å²) < 4.78 is 13.1. The number of aromatic nitrogens is 1. The summed E-state index contributed by atoms with van der Waals surface area (Å²) in [5, 5.41) is 0. The molecule has 3 heterocycles. The van der Waals surface area contributed by atoms with Crippen LogP contribution in [0.2, 0.25) is 0 Å². The zero-order chi connectivity index (χ0) is 35.8. The van der Waals surface area contributed by atoms with Crippen LogP contribution in [0.4, 0.5) is 17.2 Å². The molecule has 262 valence electrons. The third-order valence-corrected chi connectivity index (χ3v) is 10.6. The molecule has 1 aromatic heterocycles. The number of hydrogen-bond donors (Lipinski definition) is 0. The minimum Gasteiger partial charge on any atom is -0.475 e. The minimum absolute atomic E-state index is 0.0121. The van der Waals surface area contributed by atoms with E-state index in [1.165, 1.54) is 29.5 Å². The molecular formula is C46H51N3O2. The van der Waals surface area contributed by atoms with Gasteiger partial charge >= 0.3 is 0 Å². The Morgan fingerprint density at radius 3 is 2.22 bits per heavy atom. The Balaban J connectivity index is 1.31. The fourth-order valence-electron chi connectivity index (χ4n) is 7.79. The Morgan fingerprint density at radius 1 is 0.765 bits per heavy atom. The van der Waals surface area contributed by atoms with Gasteiger partial charge in [0.05, 0.1) is 17.4 Å². The van der Waals surface area contributed by atoms with Gasteiger partial charge in [-0.1, -0.05) is 116 Å². The van der Waals surface area contributed by atoms with E-state index in [-0.39, 0.29) is 16.9 Å². The van der Waals surface area contributed by atoms with Gasteiger partial charge in [-0.2, -0.15) is 0 Å². The minimum atomic E-state index is -0.217. The predicted molar refractivity (Wildman–Crippen MR) is 211 cm³/mol. The summed E-state index contributed by atoms with van der Waals surface area (Å²) >= 11 is 0. The summed E-state index contributed by atoms with van der Waals surface area (Å²) in [5.74, 6) is 3.65. The van der Waals surface area contributed by atoms with Crippen LogP contribution >= 0.6 is 0 Å². The Kier molecular flexibility index (Phi) is 9.50. The van der Waals surface area contributed by atoms with E-state index in [4.69, 9.17) is 19.5 Å². The highest BCUT2D eigenvalue weighted by molar-refractivity contribution is 5.97. The van der Waals surface area contributed by atoms with Gasteiger partial charge in [0.25, 0.3) is 0 Å². The van der Waals surface area contributed by atoms with E-state index in [2.05, 4.69) is 150 Å². The van der Waals surface area contributed by atoms with Crippen molar-refractivity contribution in [3.63, 3.8) is 0 Å².